The minimum Gasteiger partial charge on any atom is -0.469 e. The molecule has 0 spiro atoms. The van der Waals surface area contributed by atoms with Gasteiger partial charge in [-0.25, -0.2) is 0 Å². The third-order valence-corrected chi connectivity index (χ3v) is 4.08. The summed E-state index contributed by atoms with van der Waals surface area (Å²) in [7, 11) is 5.64. The van der Waals surface area contributed by atoms with Crippen LogP contribution in [0.25, 0.3) is 0 Å². The van der Waals surface area contributed by atoms with Gasteiger partial charge in [-0.1, -0.05) is 0 Å². The van der Waals surface area contributed by atoms with Crippen molar-refractivity contribution in [3.05, 3.63) is 0 Å². The van der Waals surface area contributed by atoms with E-state index in [1.165, 1.54) is 20.0 Å². The van der Waals surface area contributed by atoms with Crippen LogP contribution >= 0.6 is 11.8 Å². The van der Waals surface area contributed by atoms with Crippen molar-refractivity contribution in [1.82, 2.24) is 4.90 Å². The first-order valence-corrected chi connectivity index (χ1v) is 6.53. The highest BCUT2D eigenvalue weighted by molar-refractivity contribution is 7.99. The smallest absolute Gasteiger partial charge is 0.306 e. The summed E-state index contributed by atoms with van der Waals surface area (Å²) < 4.78 is 4.71. The van der Waals surface area contributed by atoms with Crippen molar-refractivity contribution in [2.75, 3.05) is 39.3 Å². The lowest BCUT2D eigenvalue weighted by molar-refractivity contribution is -0.141. The van der Waals surface area contributed by atoms with Gasteiger partial charge in [0, 0.05) is 12.3 Å². The molecule has 0 N–H and O–H groups in total. The summed E-state index contributed by atoms with van der Waals surface area (Å²) in [6.07, 6.45) is 2.99. The first-order chi connectivity index (χ1) is 7.08. The molecule has 0 saturated heterocycles. The largest absolute Gasteiger partial charge is 0.469 e. The van der Waals surface area contributed by atoms with Gasteiger partial charge >= 0.3 is 5.97 Å². The Morgan fingerprint density at radius 1 is 1.47 bits per heavy atom. The molecule has 1 saturated carbocycles. The maximum Gasteiger partial charge on any atom is 0.306 e. The van der Waals surface area contributed by atoms with E-state index < -0.39 is 0 Å². The first-order valence-electron chi connectivity index (χ1n) is 5.37. The molecule has 0 aromatic rings. The molecule has 1 fully saturated rings. The molecule has 1 rings (SSSR count). The van der Waals surface area contributed by atoms with Crippen molar-refractivity contribution in [3.8, 4) is 0 Å². The Bertz CT molecular complexity index is 215. The molecule has 4 heteroatoms. The van der Waals surface area contributed by atoms with Crippen LogP contribution in [0.4, 0.5) is 0 Å². The van der Waals surface area contributed by atoms with Crippen LogP contribution < -0.4 is 0 Å². The van der Waals surface area contributed by atoms with Gasteiger partial charge in [-0.05, 0) is 38.1 Å². The molecule has 1 aliphatic carbocycles. The second kappa shape index (κ2) is 5.75. The van der Waals surface area contributed by atoms with Gasteiger partial charge in [0.05, 0.1) is 13.5 Å². The number of rotatable bonds is 7. The number of carbonyl (C=O) groups is 1. The number of thioether (sulfide) groups is 1. The van der Waals surface area contributed by atoms with Crippen molar-refractivity contribution < 1.29 is 9.53 Å². The van der Waals surface area contributed by atoms with E-state index in [0.29, 0.717) is 6.42 Å². The quantitative estimate of drug-likeness (QED) is 0.492. The Hall–Kier alpha value is -0.220. The molecule has 3 nitrogen and oxygen atoms in total. The van der Waals surface area contributed by atoms with Crippen LogP contribution in [0.2, 0.25) is 0 Å². The monoisotopic (exact) mass is 231 g/mol. The van der Waals surface area contributed by atoms with Crippen LogP contribution in [-0.4, -0.2) is 50.1 Å². The van der Waals surface area contributed by atoms with Gasteiger partial charge in [0.2, 0.25) is 0 Å². The number of methoxy groups -OCH3 is 1. The van der Waals surface area contributed by atoms with Crippen LogP contribution in [0, 0.1) is 5.41 Å². The van der Waals surface area contributed by atoms with Crippen LogP contribution in [0.3, 0.4) is 0 Å². The molecule has 0 bridgehead atoms. The normalized spacial score (nSPS) is 17.9. The van der Waals surface area contributed by atoms with Gasteiger partial charge in [0.15, 0.2) is 0 Å². The van der Waals surface area contributed by atoms with Gasteiger partial charge < -0.3 is 9.64 Å². The summed E-state index contributed by atoms with van der Waals surface area (Å²) in [5.41, 5.74) is 0.282. The highest BCUT2D eigenvalue weighted by Gasteiger charge is 2.44. The Balaban J connectivity index is 2.12. The highest BCUT2D eigenvalue weighted by Crippen LogP contribution is 2.51. The zero-order chi connectivity index (χ0) is 11.3. The van der Waals surface area contributed by atoms with E-state index in [4.69, 9.17) is 4.74 Å². The van der Waals surface area contributed by atoms with E-state index in [-0.39, 0.29) is 11.4 Å². The predicted molar refractivity (Wildman–Crippen MR) is 64.2 cm³/mol. The van der Waals surface area contributed by atoms with Crippen molar-refractivity contribution in [3.63, 3.8) is 0 Å². The molecule has 0 aromatic carbocycles. The fourth-order valence-electron chi connectivity index (χ4n) is 1.46. The molecular weight excluding hydrogens is 210 g/mol. The van der Waals surface area contributed by atoms with Gasteiger partial charge in [-0.2, -0.15) is 11.8 Å². The van der Waals surface area contributed by atoms with Crippen molar-refractivity contribution in [2.24, 2.45) is 5.41 Å². The molecule has 88 valence electrons. The molecule has 0 amide bonds. The second-order valence-corrected chi connectivity index (χ2v) is 5.71. The Morgan fingerprint density at radius 3 is 2.60 bits per heavy atom. The number of hydrogen-bond acceptors (Lipinski definition) is 4. The molecule has 0 atom stereocenters. The number of esters is 1. The van der Waals surface area contributed by atoms with Gasteiger partial charge in [-0.15, -0.1) is 0 Å². The molecular formula is C11H21NO2S. The van der Waals surface area contributed by atoms with E-state index in [2.05, 4.69) is 19.0 Å². The minimum atomic E-state index is -0.0549. The minimum absolute atomic E-state index is 0.0549. The number of carbonyl (C=O) groups excluding carboxylic acids is 1. The molecule has 0 aromatic heterocycles. The van der Waals surface area contributed by atoms with Crippen LogP contribution in [0.5, 0.6) is 0 Å². The third kappa shape index (κ3) is 4.89. The van der Waals surface area contributed by atoms with Crippen LogP contribution in [0.1, 0.15) is 19.3 Å². The van der Waals surface area contributed by atoms with E-state index in [1.807, 2.05) is 11.8 Å². The number of ether oxygens (including phenoxy) is 1. The summed E-state index contributed by atoms with van der Waals surface area (Å²) >= 11 is 1.95. The average Bonchev–Trinajstić information content (AvgIpc) is 2.93. The summed E-state index contributed by atoms with van der Waals surface area (Å²) in [6.45, 7) is 1.11. The summed E-state index contributed by atoms with van der Waals surface area (Å²) in [5.74, 6) is 2.20. The zero-order valence-electron chi connectivity index (χ0n) is 9.91. The lowest BCUT2D eigenvalue weighted by Gasteiger charge is -2.14. The molecule has 15 heavy (non-hydrogen) atoms. The topological polar surface area (TPSA) is 29.5 Å². The van der Waals surface area contributed by atoms with Crippen molar-refractivity contribution >= 4 is 17.7 Å². The maximum atomic E-state index is 11.2. The van der Waals surface area contributed by atoms with Crippen molar-refractivity contribution in [2.45, 2.75) is 19.3 Å². The second-order valence-electron chi connectivity index (χ2n) is 4.61. The molecule has 0 unspecified atom stereocenters. The molecule has 0 radical (unpaired) electrons. The maximum absolute atomic E-state index is 11.2. The Morgan fingerprint density at radius 2 is 2.13 bits per heavy atom. The summed E-state index contributed by atoms with van der Waals surface area (Å²) in [5, 5.41) is 0. The standard InChI is InChI=1S/C11H21NO2S/c1-12(2)6-7-15-9-11(4-5-11)8-10(13)14-3/h4-9H2,1-3H3. The summed E-state index contributed by atoms with van der Waals surface area (Å²) in [4.78, 5) is 13.4. The van der Waals surface area contributed by atoms with E-state index in [0.717, 1.165) is 18.1 Å². The van der Waals surface area contributed by atoms with Gasteiger partial charge in [-0.3, -0.25) is 4.79 Å². The zero-order valence-corrected chi connectivity index (χ0v) is 10.7. The van der Waals surface area contributed by atoms with Gasteiger partial charge in [0.25, 0.3) is 0 Å². The molecule has 0 aliphatic heterocycles. The summed E-state index contributed by atoms with van der Waals surface area (Å²) in [6, 6.07) is 0. The van der Waals surface area contributed by atoms with Crippen molar-refractivity contribution in [1.29, 1.82) is 0 Å². The SMILES string of the molecule is COC(=O)CC1(CSCCN(C)C)CC1. The average molecular weight is 231 g/mol. The lowest BCUT2D eigenvalue weighted by atomic mass is 10.1. The van der Waals surface area contributed by atoms with Gasteiger partial charge in [0.1, 0.15) is 0 Å². The predicted octanol–water partition coefficient (Wildman–Crippen LogP) is 1.62. The lowest BCUT2D eigenvalue weighted by Crippen LogP contribution is -2.17. The Labute approximate surface area is 96.5 Å². The Kier molecular flexibility index (Phi) is 4.93. The first kappa shape index (κ1) is 12.8. The van der Waals surface area contributed by atoms with E-state index in [9.17, 15) is 4.79 Å². The number of hydrogen-bond donors (Lipinski definition) is 0. The fourth-order valence-corrected chi connectivity index (χ4v) is 2.93. The van der Waals surface area contributed by atoms with Crippen LogP contribution in [0.15, 0.2) is 0 Å². The van der Waals surface area contributed by atoms with E-state index >= 15 is 0 Å². The molecule has 0 heterocycles. The highest BCUT2D eigenvalue weighted by atomic mass is 32.2. The van der Waals surface area contributed by atoms with E-state index in [1.54, 1.807) is 0 Å². The third-order valence-electron chi connectivity index (χ3n) is 2.80. The number of nitrogens with zero attached hydrogens (tertiary/aromatic N) is 1. The molecule has 1 aliphatic rings. The van der Waals surface area contributed by atoms with Crippen LogP contribution in [-0.2, 0) is 9.53 Å². The fraction of sp³-hybridized carbons (Fsp3) is 0.909.